The fourth-order valence-electron chi connectivity index (χ4n) is 1.99. The minimum Gasteiger partial charge on any atom is -0.370 e. The number of hydrogen-bond acceptors (Lipinski definition) is 3. The van der Waals surface area contributed by atoms with Crippen LogP contribution in [0.3, 0.4) is 0 Å². The van der Waals surface area contributed by atoms with E-state index in [2.05, 4.69) is 22.2 Å². The summed E-state index contributed by atoms with van der Waals surface area (Å²) in [7, 11) is 0. The molecule has 5 heteroatoms. The molecular formula is C15H17F2N3. The van der Waals surface area contributed by atoms with Crippen LogP contribution in [0.25, 0.3) is 11.3 Å². The summed E-state index contributed by atoms with van der Waals surface area (Å²) in [6.07, 6.45) is 0.961. The minimum atomic E-state index is -0.618. The van der Waals surface area contributed by atoms with Gasteiger partial charge in [0.1, 0.15) is 23.3 Å². The van der Waals surface area contributed by atoms with Crippen LogP contribution in [0.1, 0.15) is 24.7 Å². The molecule has 2 rings (SSSR count). The minimum absolute atomic E-state index is 0.286. The molecule has 0 bridgehead atoms. The Hall–Kier alpha value is -2.04. The van der Waals surface area contributed by atoms with Crippen LogP contribution in [0.5, 0.6) is 0 Å². The number of rotatable bonds is 4. The summed E-state index contributed by atoms with van der Waals surface area (Å²) in [6, 6.07) is 3.50. The molecule has 0 aliphatic heterocycles. The van der Waals surface area contributed by atoms with E-state index in [0.717, 1.165) is 24.6 Å². The molecule has 1 N–H and O–H groups in total. The molecule has 0 spiro atoms. The first-order chi connectivity index (χ1) is 9.52. The molecule has 0 amide bonds. The maximum absolute atomic E-state index is 13.9. The Morgan fingerprint density at radius 3 is 2.55 bits per heavy atom. The third-order valence-electron chi connectivity index (χ3n) is 2.99. The van der Waals surface area contributed by atoms with Crippen molar-refractivity contribution in [3.05, 3.63) is 41.2 Å². The SMILES string of the molecule is CCCNc1nc(C)nc(-c2ccc(F)cc2F)c1C. The molecule has 106 valence electrons. The summed E-state index contributed by atoms with van der Waals surface area (Å²) in [5, 5.41) is 3.20. The van der Waals surface area contributed by atoms with E-state index >= 15 is 0 Å². The quantitative estimate of drug-likeness (QED) is 0.922. The standard InChI is InChI=1S/C15H17F2N3/c1-4-7-18-15-9(2)14(19-10(3)20-15)12-6-5-11(16)8-13(12)17/h5-6,8H,4,7H2,1-3H3,(H,18,19,20). The maximum atomic E-state index is 13.9. The highest BCUT2D eigenvalue weighted by atomic mass is 19.1. The Kier molecular flexibility index (Phi) is 4.27. The first-order valence-electron chi connectivity index (χ1n) is 6.57. The van der Waals surface area contributed by atoms with E-state index in [1.165, 1.54) is 12.1 Å². The van der Waals surface area contributed by atoms with Gasteiger partial charge in [-0.3, -0.25) is 0 Å². The maximum Gasteiger partial charge on any atom is 0.135 e. The molecule has 0 atom stereocenters. The van der Waals surface area contributed by atoms with Crippen LogP contribution >= 0.6 is 0 Å². The smallest absolute Gasteiger partial charge is 0.135 e. The van der Waals surface area contributed by atoms with E-state index in [1.54, 1.807) is 6.92 Å². The second-order valence-corrected chi connectivity index (χ2v) is 4.64. The zero-order valence-corrected chi connectivity index (χ0v) is 11.8. The molecule has 0 unspecified atom stereocenters. The zero-order chi connectivity index (χ0) is 14.7. The molecule has 0 fully saturated rings. The molecular weight excluding hydrogens is 260 g/mol. The Balaban J connectivity index is 2.53. The predicted octanol–water partition coefficient (Wildman–Crippen LogP) is 3.86. The summed E-state index contributed by atoms with van der Waals surface area (Å²) < 4.78 is 26.9. The molecule has 0 aliphatic rings. The highest BCUT2D eigenvalue weighted by Gasteiger charge is 2.14. The predicted molar refractivity (Wildman–Crippen MR) is 75.6 cm³/mol. The Labute approximate surface area is 117 Å². The van der Waals surface area contributed by atoms with Gasteiger partial charge in [-0.1, -0.05) is 6.92 Å². The average molecular weight is 277 g/mol. The van der Waals surface area contributed by atoms with Crippen molar-refractivity contribution in [1.82, 2.24) is 9.97 Å². The fraction of sp³-hybridized carbons (Fsp3) is 0.333. The van der Waals surface area contributed by atoms with Crippen LogP contribution in [0.4, 0.5) is 14.6 Å². The third-order valence-corrected chi connectivity index (χ3v) is 2.99. The van der Waals surface area contributed by atoms with Gasteiger partial charge in [0.15, 0.2) is 0 Å². The van der Waals surface area contributed by atoms with Gasteiger partial charge in [-0.2, -0.15) is 0 Å². The van der Waals surface area contributed by atoms with Crippen molar-refractivity contribution in [1.29, 1.82) is 0 Å². The summed E-state index contributed by atoms with van der Waals surface area (Å²) in [4.78, 5) is 8.61. The van der Waals surface area contributed by atoms with E-state index in [-0.39, 0.29) is 5.56 Å². The van der Waals surface area contributed by atoms with Gasteiger partial charge >= 0.3 is 0 Å². The van der Waals surface area contributed by atoms with E-state index in [1.807, 2.05) is 6.92 Å². The number of halogens is 2. The van der Waals surface area contributed by atoms with Crippen molar-refractivity contribution in [2.45, 2.75) is 27.2 Å². The number of hydrogen-bond donors (Lipinski definition) is 1. The van der Waals surface area contributed by atoms with Gasteiger partial charge in [0, 0.05) is 23.7 Å². The van der Waals surface area contributed by atoms with Crippen molar-refractivity contribution >= 4 is 5.82 Å². The molecule has 0 radical (unpaired) electrons. The van der Waals surface area contributed by atoms with Crippen molar-refractivity contribution in [3.63, 3.8) is 0 Å². The lowest BCUT2D eigenvalue weighted by atomic mass is 10.1. The molecule has 0 saturated carbocycles. The number of nitrogens with zero attached hydrogens (tertiary/aromatic N) is 2. The van der Waals surface area contributed by atoms with Gasteiger partial charge in [-0.15, -0.1) is 0 Å². The van der Waals surface area contributed by atoms with Gasteiger partial charge in [-0.05, 0) is 32.4 Å². The Bertz CT molecular complexity index is 627. The Morgan fingerprint density at radius 2 is 1.90 bits per heavy atom. The lowest BCUT2D eigenvalue weighted by Gasteiger charge is -2.13. The average Bonchev–Trinajstić information content (AvgIpc) is 2.40. The summed E-state index contributed by atoms with van der Waals surface area (Å²) in [6.45, 7) is 6.41. The summed E-state index contributed by atoms with van der Waals surface area (Å²) in [5.74, 6) is 0.0256. The molecule has 1 heterocycles. The van der Waals surface area contributed by atoms with Crippen LogP contribution in [0, 0.1) is 25.5 Å². The van der Waals surface area contributed by atoms with E-state index in [4.69, 9.17) is 0 Å². The third kappa shape index (κ3) is 2.92. The van der Waals surface area contributed by atoms with Gasteiger partial charge in [0.25, 0.3) is 0 Å². The first-order valence-corrected chi connectivity index (χ1v) is 6.57. The summed E-state index contributed by atoms with van der Waals surface area (Å²) >= 11 is 0. The van der Waals surface area contributed by atoms with Crippen LogP contribution < -0.4 is 5.32 Å². The summed E-state index contributed by atoms with van der Waals surface area (Å²) in [5.41, 5.74) is 1.54. The second-order valence-electron chi connectivity index (χ2n) is 4.64. The van der Waals surface area contributed by atoms with Gasteiger partial charge in [0.2, 0.25) is 0 Å². The Morgan fingerprint density at radius 1 is 1.15 bits per heavy atom. The number of aryl methyl sites for hydroxylation is 1. The molecule has 0 saturated heterocycles. The number of nitrogens with one attached hydrogen (secondary N) is 1. The van der Waals surface area contributed by atoms with Gasteiger partial charge in [-0.25, -0.2) is 18.7 Å². The first kappa shape index (κ1) is 14.4. The molecule has 0 aliphatic carbocycles. The zero-order valence-electron chi connectivity index (χ0n) is 11.8. The van der Waals surface area contributed by atoms with E-state index < -0.39 is 11.6 Å². The molecule has 2 aromatic rings. The van der Waals surface area contributed by atoms with Crippen LogP contribution in [-0.4, -0.2) is 16.5 Å². The van der Waals surface area contributed by atoms with Crippen molar-refractivity contribution in [2.75, 3.05) is 11.9 Å². The van der Waals surface area contributed by atoms with Crippen molar-refractivity contribution in [3.8, 4) is 11.3 Å². The highest BCUT2D eigenvalue weighted by Crippen LogP contribution is 2.28. The lowest BCUT2D eigenvalue weighted by molar-refractivity contribution is 0.585. The van der Waals surface area contributed by atoms with Crippen LogP contribution in [0.2, 0.25) is 0 Å². The largest absolute Gasteiger partial charge is 0.370 e. The number of benzene rings is 1. The number of anilines is 1. The second kappa shape index (κ2) is 5.94. The molecule has 3 nitrogen and oxygen atoms in total. The van der Waals surface area contributed by atoms with Gasteiger partial charge in [0.05, 0.1) is 5.69 Å². The molecule has 1 aromatic carbocycles. The molecule has 1 aromatic heterocycles. The van der Waals surface area contributed by atoms with E-state index in [0.29, 0.717) is 17.3 Å². The lowest BCUT2D eigenvalue weighted by Crippen LogP contribution is -2.08. The molecule has 20 heavy (non-hydrogen) atoms. The van der Waals surface area contributed by atoms with Crippen molar-refractivity contribution < 1.29 is 8.78 Å². The normalized spacial score (nSPS) is 10.7. The van der Waals surface area contributed by atoms with Gasteiger partial charge < -0.3 is 5.32 Å². The monoisotopic (exact) mass is 277 g/mol. The topological polar surface area (TPSA) is 37.8 Å². The number of aromatic nitrogens is 2. The van der Waals surface area contributed by atoms with Crippen LogP contribution in [0.15, 0.2) is 18.2 Å². The fourth-order valence-corrected chi connectivity index (χ4v) is 1.99. The van der Waals surface area contributed by atoms with E-state index in [9.17, 15) is 8.78 Å². The van der Waals surface area contributed by atoms with Crippen molar-refractivity contribution in [2.24, 2.45) is 0 Å². The van der Waals surface area contributed by atoms with Crippen LogP contribution in [-0.2, 0) is 0 Å². The highest BCUT2D eigenvalue weighted by molar-refractivity contribution is 5.68.